The second kappa shape index (κ2) is 2.96. The molecule has 8 nitrogen and oxygen atoms in total. The summed E-state index contributed by atoms with van der Waals surface area (Å²) in [6, 6.07) is -2.22. The van der Waals surface area contributed by atoms with Crippen LogP contribution in [-0.4, -0.2) is 22.2 Å². The summed E-state index contributed by atoms with van der Waals surface area (Å²) in [6.45, 7) is 0. The van der Waals surface area contributed by atoms with Gasteiger partial charge in [0.25, 0.3) is 0 Å². The Hall–Kier alpha value is -1.38. The number of hydrogen-bond acceptors (Lipinski definition) is 5. The number of primary amides is 1. The molecular formula is C2H8N6O2. The van der Waals surface area contributed by atoms with Gasteiger partial charge in [0, 0.05) is 0 Å². The third-order valence-corrected chi connectivity index (χ3v) is 0.664. The number of imide groups is 1. The molecule has 0 spiro atoms. The lowest BCUT2D eigenvalue weighted by molar-refractivity contribution is 0.158. The van der Waals surface area contributed by atoms with Crippen LogP contribution in [0.25, 0.3) is 0 Å². The molecule has 0 bridgehead atoms. The van der Waals surface area contributed by atoms with Gasteiger partial charge in [0.15, 0.2) is 0 Å². The molecule has 0 atom stereocenters. The first-order valence-electron chi connectivity index (χ1n) is 2.14. The topological polar surface area (TPSA) is 145 Å². The second-order valence-corrected chi connectivity index (χ2v) is 1.40. The van der Waals surface area contributed by atoms with Crippen LogP contribution >= 0.6 is 0 Å². The zero-order valence-corrected chi connectivity index (χ0v) is 5.02. The highest BCUT2D eigenvalue weighted by Gasteiger charge is 2.16. The van der Waals surface area contributed by atoms with Crippen molar-refractivity contribution in [2.45, 2.75) is 0 Å². The monoisotopic (exact) mass is 148 g/mol. The summed E-state index contributed by atoms with van der Waals surface area (Å²) in [5.41, 5.74) is 4.58. The Balaban J connectivity index is 4.08. The van der Waals surface area contributed by atoms with Crippen molar-refractivity contribution in [2.24, 2.45) is 23.3 Å². The van der Waals surface area contributed by atoms with E-state index in [4.69, 9.17) is 17.5 Å². The lowest BCUT2D eigenvalue weighted by Gasteiger charge is -2.15. The Morgan fingerprint density at radius 3 is 1.60 bits per heavy atom. The normalized spacial score (nSPS) is 8.70. The summed E-state index contributed by atoms with van der Waals surface area (Å²) >= 11 is 0. The molecule has 0 aliphatic heterocycles. The highest BCUT2D eigenvalue weighted by Crippen LogP contribution is 1.80. The Bertz CT molecular complexity index is 154. The van der Waals surface area contributed by atoms with Crippen LogP contribution in [0.4, 0.5) is 9.59 Å². The zero-order chi connectivity index (χ0) is 8.31. The maximum Gasteiger partial charge on any atom is 0.371 e. The van der Waals surface area contributed by atoms with Gasteiger partial charge in [0.1, 0.15) is 0 Å². The van der Waals surface area contributed by atoms with Crippen molar-refractivity contribution in [2.75, 3.05) is 0 Å². The number of carbonyl (C=O) groups is 2. The summed E-state index contributed by atoms with van der Waals surface area (Å²) in [6.07, 6.45) is 0. The van der Waals surface area contributed by atoms with Crippen molar-refractivity contribution in [3.63, 3.8) is 0 Å². The maximum absolute atomic E-state index is 10.5. The lowest BCUT2D eigenvalue weighted by atomic mass is 10.9. The van der Waals surface area contributed by atoms with E-state index in [0.29, 0.717) is 0 Å². The molecule has 0 aliphatic carbocycles. The van der Waals surface area contributed by atoms with Gasteiger partial charge in [0.05, 0.1) is 0 Å². The number of nitrogens with zero attached hydrogens (tertiary/aromatic N) is 2. The fourth-order valence-corrected chi connectivity index (χ4v) is 0.219. The van der Waals surface area contributed by atoms with Crippen molar-refractivity contribution in [3.8, 4) is 0 Å². The van der Waals surface area contributed by atoms with E-state index in [1.54, 1.807) is 0 Å². The first-order chi connectivity index (χ1) is 4.46. The zero-order valence-electron chi connectivity index (χ0n) is 5.02. The molecule has 0 fully saturated rings. The van der Waals surface area contributed by atoms with Crippen molar-refractivity contribution in [1.29, 1.82) is 0 Å². The summed E-state index contributed by atoms with van der Waals surface area (Å²) in [5.74, 6) is 14.2. The molecule has 0 radical (unpaired) electrons. The number of urea groups is 2. The molecule has 0 aromatic carbocycles. The van der Waals surface area contributed by atoms with Gasteiger partial charge in [-0.05, 0) is 0 Å². The van der Waals surface area contributed by atoms with Gasteiger partial charge in [0.2, 0.25) is 0 Å². The Morgan fingerprint density at radius 2 is 1.50 bits per heavy atom. The number of amides is 4. The second-order valence-electron chi connectivity index (χ2n) is 1.40. The number of hydrazine groups is 3. The molecule has 0 heterocycles. The molecule has 0 aliphatic rings. The SMILES string of the molecule is NC(=O)N(N)C(=O)N(N)N. The van der Waals surface area contributed by atoms with Crippen LogP contribution in [-0.2, 0) is 0 Å². The van der Waals surface area contributed by atoms with E-state index in [1.165, 1.54) is 0 Å². The van der Waals surface area contributed by atoms with Gasteiger partial charge < -0.3 is 5.73 Å². The third-order valence-electron chi connectivity index (χ3n) is 0.664. The van der Waals surface area contributed by atoms with Gasteiger partial charge in [-0.15, -0.1) is 0 Å². The van der Waals surface area contributed by atoms with Crippen LogP contribution in [0, 0.1) is 0 Å². The first kappa shape index (κ1) is 8.62. The molecule has 0 aromatic rings. The standard InChI is InChI=1S/C2H8N6O2/c3-1(9)7(4)2(10)8(5)6/h4-6H2,(H2,3,9). The van der Waals surface area contributed by atoms with E-state index < -0.39 is 12.1 Å². The Kier molecular flexibility index (Phi) is 2.55. The molecule has 0 rings (SSSR count). The minimum absolute atomic E-state index is 0.0833. The van der Waals surface area contributed by atoms with Gasteiger partial charge in [-0.25, -0.2) is 27.1 Å². The van der Waals surface area contributed by atoms with Gasteiger partial charge >= 0.3 is 12.1 Å². The first-order valence-corrected chi connectivity index (χ1v) is 2.14. The van der Waals surface area contributed by atoms with Crippen molar-refractivity contribution in [3.05, 3.63) is 0 Å². The van der Waals surface area contributed by atoms with Gasteiger partial charge in [-0.1, -0.05) is 0 Å². The molecule has 0 unspecified atom stereocenters. The number of carbonyl (C=O) groups excluding carboxylic acids is 2. The predicted octanol–water partition coefficient (Wildman–Crippen LogP) is -2.59. The maximum atomic E-state index is 10.5. The average Bonchev–Trinajstić information content (AvgIpc) is 1.84. The summed E-state index contributed by atoms with van der Waals surface area (Å²) < 4.78 is 0. The van der Waals surface area contributed by atoms with E-state index in [9.17, 15) is 9.59 Å². The molecular weight excluding hydrogens is 140 g/mol. The van der Waals surface area contributed by atoms with Gasteiger partial charge in [-0.2, -0.15) is 10.1 Å². The van der Waals surface area contributed by atoms with E-state index in [2.05, 4.69) is 5.73 Å². The number of rotatable bonds is 0. The molecule has 0 saturated heterocycles. The molecule has 8 heteroatoms. The minimum Gasteiger partial charge on any atom is -0.350 e. The van der Waals surface area contributed by atoms with E-state index in [-0.39, 0.29) is 10.1 Å². The largest absolute Gasteiger partial charge is 0.371 e. The molecule has 0 saturated carbocycles. The summed E-state index contributed by atoms with van der Waals surface area (Å²) in [7, 11) is 0. The summed E-state index contributed by atoms with van der Waals surface area (Å²) in [5, 5.41) is 0.227. The van der Waals surface area contributed by atoms with Crippen LogP contribution in [0.2, 0.25) is 0 Å². The quantitative estimate of drug-likeness (QED) is 0.169. The van der Waals surface area contributed by atoms with Crippen LogP contribution < -0.4 is 23.3 Å². The lowest BCUT2D eigenvalue weighted by Crippen LogP contribution is -2.57. The smallest absolute Gasteiger partial charge is 0.350 e. The minimum atomic E-state index is -1.13. The van der Waals surface area contributed by atoms with Gasteiger partial charge in [-0.3, -0.25) is 0 Å². The fourth-order valence-electron chi connectivity index (χ4n) is 0.219. The molecule has 8 N–H and O–H groups in total. The number of hydrogen-bond donors (Lipinski definition) is 4. The average molecular weight is 148 g/mol. The highest BCUT2D eigenvalue weighted by atomic mass is 16.2. The Morgan fingerprint density at radius 1 is 1.10 bits per heavy atom. The Labute approximate surface area is 56.2 Å². The summed E-state index contributed by atoms with van der Waals surface area (Å²) in [4.78, 5) is 20.6. The highest BCUT2D eigenvalue weighted by molar-refractivity contribution is 5.91. The predicted molar refractivity (Wildman–Crippen MR) is 31.2 cm³/mol. The molecule has 58 valence electrons. The van der Waals surface area contributed by atoms with Crippen LogP contribution in [0.5, 0.6) is 0 Å². The van der Waals surface area contributed by atoms with Crippen LogP contribution in [0.1, 0.15) is 0 Å². The van der Waals surface area contributed by atoms with E-state index in [0.717, 1.165) is 0 Å². The van der Waals surface area contributed by atoms with Crippen molar-refractivity contribution in [1.82, 2.24) is 10.1 Å². The van der Waals surface area contributed by atoms with Crippen molar-refractivity contribution >= 4 is 12.1 Å². The van der Waals surface area contributed by atoms with E-state index >= 15 is 0 Å². The van der Waals surface area contributed by atoms with Crippen LogP contribution in [0.3, 0.4) is 0 Å². The molecule has 10 heavy (non-hydrogen) atoms. The fraction of sp³-hybridized carbons (Fsp3) is 0. The van der Waals surface area contributed by atoms with Crippen LogP contribution in [0.15, 0.2) is 0 Å². The third kappa shape index (κ3) is 1.85. The van der Waals surface area contributed by atoms with Crippen molar-refractivity contribution < 1.29 is 9.59 Å². The molecule has 4 amide bonds. The van der Waals surface area contributed by atoms with E-state index in [1.807, 2.05) is 0 Å². The molecule has 0 aromatic heterocycles. The number of nitrogens with two attached hydrogens (primary N) is 4.